The number of likely N-dealkylation sites (tertiary alicyclic amines) is 1. The molecule has 0 saturated carbocycles. The van der Waals surface area contributed by atoms with E-state index in [-0.39, 0.29) is 29.7 Å². The van der Waals surface area contributed by atoms with E-state index in [2.05, 4.69) is 19.2 Å². The lowest BCUT2D eigenvalue weighted by Gasteiger charge is -2.43. The Kier molecular flexibility index (Phi) is 5.31. The number of hydrogen-bond acceptors (Lipinski definition) is 4. The average Bonchev–Trinajstić information content (AvgIpc) is 3.07. The third-order valence-electron chi connectivity index (χ3n) is 7.05. The second-order valence-corrected chi connectivity index (χ2v) is 9.62. The smallest absolute Gasteiger partial charge is 0.329 e. The molecule has 4 amide bonds. The van der Waals surface area contributed by atoms with Gasteiger partial charge in [-0.15, -0.1) is 0 Å². The number of nitrogens with zero attached hydrogens (tertiary/aromatic N) is 3. The molecule has 8 heteroatoms. The minimum Gasteiger partial charge on any atom is -0.342 e. The zero-order valence-electron chi connectivity index (χ0n) is 18.9. The van der Waals surface area contributed by atoms with E-state index in [9.17, 15) is 19.2 Å². The van der Waals surface area contributed by atoms with Crippen LogP contribution in [0.3, 0.4) is 0 Å². The third kappa shape index (κ3) is 3.83. The normalized spacial score (nSPS) is 24.2. The number of benzene rings is 1. The molecule has 8 nitrogen and oxygen atoms in total. The van der Waals surface area contributed by atoms with Crippen molar-refractivity contribution in [2.75, 3.05) is 18.0 Å². The van der Waals surface area contributed by atoms with E-state index < -0.39 is 18.0 Å². The van der Waals surface area contributed by atoms with Crippen LogP contribution < -0.4 is 15.8 Å². The van der Waals surface area contributed by atoms with Gasteiger partial charge in [0.2, 0.25) is 5.91 Å². The number of carbonyl (C=O) groups is 3. The number of fused-ring (bicyclic) bond motifs is 4. The Morgan fingerprint density at radius 3 is 2.52 bits per heavy atom. The highest BCUT2D eigenvalue weighted by atomic mass is 16.2. The summed E-state index contributed by atoms with van der Waals surface area (Å²) in [6.45, 7) is 5.85. The van der Waals surface area contributed by atoms with Crippen molar-refractivity contribution in [3.63, 3.8) is 0 Å². The van der Waals surface area contributed by atoms with Gasteiger partial charge in [0.25, 0.3) is 11.5 Å². The van der Waals surface area contributed by atoms with E-state index in [0.29, 0.717) is 31.2 Å². The molecule has 3 aliphatic rings. The summed E-state index contributed by atoms with van der Waals surface area (Å²) in [7, 11) is 0. The Labute approximate surface area is 192 Å². The molecule has 1 aromatic heterocycles. The van der Waals surface area contributed by atoms with Crippen molar-refractivity contribution in [1.29, 1.82) is 0 Å². The molecule has 2 aromatic rings. The second-order valence-electron chi connectivity index (χ2n) is 9.62. The molecule has 5 rings (SSSR count). The predicted molar refractivity (Wildman–Crippen MR) is 123 cm³/mol. The first-order valence-corrected chi connectivity index (χ1v) is 11.5. The summed E-state index contributed by atoms with van der Waals surface area (Å²) in [4.78, 5) is 53.8. The van der Waals surface area contributed by atoms with Crippen LogP contribution in [0.25, 0.3) is 0 Å². The molecule has 2 bridgehead atoms. The third-order valence-corrected chi connectivity index (χ3v) is 7.05. The van der Waals surface area contributed by atoms with Crippen molar-refractivity contribution < 1.29 is 14.4 Å². The van der Waals surface area contributed by atoms with E-state index >= 15 is 0 Å². The lowest BCUT2D eigenvalue weighted by atomic mass is 9.83. The Bertz CT molecular complexity index is 1170. The number of pyridine rings is 1. The molecule has 172 valence electrons. The van der Waals surface area contributed by atoms with Crippen LogP contribution in [0.1, 0.15) is 49.8 Å². The van der Waals surface area contributed by atoms with Gasteiger partial charge >= 0.3 is 6.03 Å². The van der Waals surface area contributed by atoms with Crippen LogP contribution in [0, 0.1) is 5.92 Å². The van der Waals surface area contributed by atoms with Crippen LogP contribution >= 0.6 is 0 Å². The Balaban J connectivity index is 1.27. The van der Waals surface area contributed by atoms with E-state index in [1.807, 2.05) is 22.8 Å². The number of anilines is 1. The lowest BCUT2D eigenvalue weighted by molar-refractivity contribution is -0.136. The highest BCUT2D eigenvalue weighted by molar-refractivity contribution is 6.22. The number of piperidine rings is 1. The van der Waals surface area contributed by atoms with Gasteiger partial charge < -0.3 is 14.8 Å². The van der Waals surface area contributed by atoms with Gasteiger partial charge in [0.05, 0.1) is 12.1 Å². The quantitative estimate of drug-likeness (QED) is 0.728. The number of rotatable bonds is 4. The summed E-state index contributed by atoms with van der Waals surface area (Å²) in [5.74, 6) is 0.124. The molecule has 0 radical (unpaired) electrons. The van der Waals surface area contributed by atoms with Gasteiger partial charge in [0.1, 0.15) is 6.04 Å². The van der Waals surface area contributed by atoms with Crippen molar-refractivity contribution in [2.45, 2.75) is 51.1 Å². The number of nitrogens with one attached hydrogen (secondary N) is 1. The van der Waals surface area contributed by atoms with E-state index in [1.165, 1.54) is 0 Å². The average molecular weight is 449 g/mol. The molecule has 1 aromatic carbocycles. The van der Waals surface area contributed by atoms with Crippen LogP contribution in [0.15, 0.2) is 47.3 Å². The number of urea groups is 1. The van der Waals surface area contributed by atoms with E-state index in [1.54, 1.807) is 29.2 Å². The molecule has 0 aliphatic carbocycles. The molecule has 1 N–H and O–H groups in total. The molecule has 2 saturated heterocycles. The number of aromatic nitrogens is 1. The number of amides is 4. The monoisotopic (exact) mass is 448 g/mol. The predicted octanol–water partition coefficient (Wildman–Crippen LogP) is 2.43. The van der Waals surface area contributed by atoms with Crippen molar-refractivity contribution in [1.82, 2.24) is 14.8 Å². The van der Waals surface area contributed by atoms with Gasteiger partial charge in [-0.2, -0.15) is 0 Å². The van der Waals surface area contributed by atoms with Gasteiger partial charge in [-0.05, 0) is 42.0 Å². The van der Waals surface area contributed by atoms with Crippen LogP contribution in [0.5, 0.6) is 0 Å². The Hall–Kier alpha value is -3.42. The van der Waals surface area contributed by atoms with Crippen molar-refractivity contribution in [3.8, 4) is 0 Å². The maximum atomic E-state index is 13.1. The summed E-state index contributed by atoms with van der Waals surface area (Å²) in [6, 6.07) is 11.3. The molecule has 3 aliphatic heterocycles. The fourth-order valence-corrected chi connectivity index (χ4v) is 5.33. The first-order valence-electron chi connectivity index (χ1n) is 11.5. The zero-order chi connectivity index (χ0) is 23.3. The number of imide groups is 1. The van der Waals surface area contributed by atoms with Gasteiger partial charge in [-0.3, -0.25) is 14.4 Å². The highest BCUT2D eigenvalue weighted by Crippen LogP contribution is 2.35. The maximum Gasteiger partial charge on any atom is 0.329 e. The summed E-state index contributed by atoms with van der Waals surface area (Å²) in [6.07, 6.45) is 0.888. The SMILES string of the molecule is CC(C)c1ccc(N2C(=O)N[C@H](CC(=O)N3C[C@@H]4C[C@H](C3)c3cccc(=O)n3C4)C2=O)cc1. The lowest BCUT2D eigenvalue weighted by Crippen LogP contribution is -2.50. The summed E-state index contributed by atoms with van der Waals surface area (Å²) in [5, 5.41) is 2.68. The molecular formula is C25H28N4O4. The fourth-order valence-electron chi connectivity index (χ4n) is 5.33. The van der Waals surface area contributed by atoms with Crippen molar-refractivity contribution in [2.24, 2.45) is 5.92 Å². The maximum absolute atomic E-state index is 13.1. The van der Waals surface area contributed by atoms with Crippen LogP contribution in [-0.4, -0.2) is 46.4 Å². The molecule has 0 unspecified atom stereocenters. The Morgan fingerprint density at radius 2 is 1.79 bits per heavy atom. The zero-order valence-corrected chi connectivity index (χ0v) is 18.9. The minimum absolute atomic E-state index is 0.00256. The standard InChI is InChI=1S/C25H28N4O4/c1-15(2)17-6-8-19(9-7-17)29-24(32)20(26-25(29)33)11-23(31)27-12-16-10-18(14-27)21-4-3-5-22(30)28(21)13-16/h3-9,15-16,18,20H,10-14H2,1-2H3,(H,26,33)/t16-,18+,20+/m0/s1. The molecular weight excluding hydrogens is 420 g/mol. The van der Waals surface area contributed by atoms with Crippen molar-refractivity contribution in [3.05, 3.63) is 64.1 Å². The van der Waals surface area contributed by atoms with E-state index in [4.69, 9.17) is 0 Å². The summed E-state index contributed by atoms with van der Waals surface area (Å²) < 4.78 is 1.82. The molecule has 3 atom stereocenters. The van der Waals surface area contributed by atoms with Crippen LogP contribution in [0.4, 0.5) is 10.5 Å². The van der Waals surface area contributed by atoms with Crippen LogP contribution in [-0.2, 0) is 16.1 Å². The molecule has 0 spiro atoms. The summed E-state index contributed by atoms with van der Waals surface area (Å²) >= 11 is 0. The second kappa shape index (κ2) is 8.17. The van der Waals surface area contributed by atoms with Gasteiger partial charge in [0, 0.05) is 37.3 Å². The molecule has 33 heavy (non-hydrogen) atoms. The van der Waals surface area contributed by atoms with Gasteiger partial charge in [-0.1, -0.05) is 32.0 Å². The minimum atomic E-state index is -0.869. The first kappa shape index (κ1) is 21.4. The molecule has 2 fully saturated rings. The first-order chi connectivity index (χ1) is 15.8. The molecule has 4 heterocycles. The van der Waals surface area contributed by atoms with E-state index in [0.717, 1.165) is 22.6 Å². The highest BCUT2D eigenvalue weighted by Gasteiger charge is 2.42. The topological polar surface area (TPSA) is 91.7 Å². The van der Waals surface area contributed by atoms with Gasteiger partial charge in [0.15, 0.2) is 0 Å². The van der Waals surface area contributed by atoms with Crippen molar-refractivity contribution >= 4 is 23.5 Å². The Morgan fingerprint density at radius 1 is 1.03 bits per heavy atom. The fraction of sp³-hybridized carbons (Fsp3) is 0.440. The van der Waals surface area contributed by atoms with Gasteiger partial charge in [-0.25, -0.2) is 9.69 Å². The number of hydrogen-bond donors (Lipinski definition) is 1. The largest absolute Gasteiger partial charge is 0.342 e. The number of carbonyl (C=O) groups excluding carboxylic acids is 3. The summed E-state index contributed by atoms with van der Waals surface area (Å²) in [5.41, 5.74) is 2.60. The van der Waals surface area contributed by atoms with Crippen LogP contribution in [0.2, 0.25) is 0 Å².